The lowest BCUT2D eigenvalue weighted by Crippen LogP contribution is -2.43. The number of aromatic carboxylic acids is 1. The molecular weight excluding hydrogens is 442 g/mol. The molecule has 3 N–H and O–H groups in total. The monoisotopic (exact) mass is 469 g/mol. The van der Waals surface area contributed by atoms with Gasteiger partial charge in [0.1, 0.15) is 12.6 Å². The SMILES string of the molecule is CC(C)OC(=O)Nc1cc(NC(=O)[C@@H]2CCCN2C(=O)OCc2ccccc2)ccc1C(=O)O. The summed E-state index contributed by atoms with van der Waals surface area (Å²) in [6.07, 6.45) is -0.688. The van der Waals surface area contributed by atoms with Crippen molar-refractivity contribution in [3.8, 4) is 0 Å². The van der Waals surface area contributed by atoms with Crippen molar-refractivity contribution in [3.05, 3.63) is 59.7 Å². The highest BCUT2D eigenvalue weighted by molar-refractivity contribution is 6.02. The summed E-state index contributed by atoms with van der Waals surface area (Å²) in [6.45, 7) is 3.80. The number of rotatable bonds is 7. The average Bonchev–Trinajstić information content (AvgIpc) is 3.28. The molecule has 0 saturated carbocycles. The van der Waals surface area contributed by atoms with Crippen LogP contribution in [-0.4, -0.2) is 52.8 Å². The van der Waals surface area contributed by atoms with Crippen LogP contribution in [0.1, 0.15) is 42.6 Å². The fourth-order valence-electron chi connectivity index (χ4n) is 3.55. The van der Waals surface area contributed by atoms with Gasteiger partial charge in [-0.3, -0.25) is 15.0 Å². The van der Waals surface area contributed by atoms with Gasteiger partial charge in [-0.2, -0.15) is 0 Å². The molecule has 0 aromatic heterocycles. The predicted octanol–water partition coefficient (Wildman–Crippen LogP) is 4.08. The molecule has 10 nitrogen and oxygen atoms in total. The smallest absolute Gasteiger partial charge is 0.411 e. The highest BCUT2D eigenvalue weighted by atomic mass is 16.6. The van der Waals surface area contributed by atoms with Gasteiger partial charge in [0.05, 0.1) is 17.4 Å². The van der Waals surface area contributed by atoms with Crippen LogP contribution in [0.2, 0.25) is 0 Å². The van der Waals surface area contributed by atoms with E-state index in [9.17, 15) is 24.3 Å². The van der Waals surface area contributed by atoms with Crippen LogP contribution in [0.25, 0.3) is 0 Å². The zero-order chi connectivity index (χ0) is 24.7. The van der Waals surface area contributed by atoms with E-state index in [0.717, 1.165) is 5.56 Å². The molecule has 1 atom stereocenters. The number of carboxylic acids is 1. The Morgan fingerprint density at radius 1 is 1.09 bits per heavy atom. The van der Waals surface area contributed by atoms with Crippen molar-refractivity contribution < 1.29 is 33.8 Å². The minimum atomic E-state index is -1.25. The van der Waals surface area contributed by atoms with E-state index in [1.165, 1.54) is 23.1 Å². The lowest BCUT2D eigenvalue weighted by atomic mass is 10.1. The Bertz CT molecular complexity index is 1060. The third-order valence-corrected chi connectivity index (χ3v) is 5.09. The molecule has 2 aromatic carbocycles. The second-order valence-electron chi connectivity index (χ2n) is 8.03. The molecule has 1 aliphatic heterocycles. The van der Waals surface area contributed by atoms with Gasteiger partial charge in [0.2, 0.25) is 5.91 Å². The summed E-state index contributed by atoms with van der Waals surface area (Å²) in [5, 5.41) is 14.5. The van der Waals surface area contributed by atoms with Gasteiger partial charge in [-0.15, -0.1) is 0 Å². The number of benzene rings is 2. The Balaban J connectivity index is 1.67. The van der Waals surface area contributed by atoms with E-state index < -0.39 is 36.2 Å². The summed E-state index contributed by atoms with van der Waals surface area (Å²) in [4.78, 5) is 50.3. The van der Waals surface area contributed by atoms with Gasteiger partial charge in [0, 0.05) is 12.2 Å². The van der Waals surface area contributed by atoms with Crippen molar-refractivity contribution in [1.29, 1.82) is 0 Å². The molecule has 10 heteroatoms. The first-order valence-corrected chi connectivity index (χ1v) is 10.9. The average molecular weight is 469 g/mol. The van der Waals surface area contributed by atoms with Crippen LogP contribution in [0.5, 0.6) is 0 Å². The maximum atomic E-state index is 12.9. The van der Waals surface area contributed by atoms with Gasteiger partial charge < -0.3 is 19.9 Å². The first-order chi connectivity index (χ1) is 16.2. The van der Waals surface area contributed by atoms with E-state index in [0.29, 0.717) is 19.4 Å². The fraction of sp³-hybridized carbons (Fsp3) is 0.333. The molecule has 0 aliphatic carbocycles. The molecule has 0 bridgehead atoms. The zero-order valence-corrected chi connectivity index (χ0v) is 18.9. The van der Waals surface area contributed by atoms with Crippen molar-refractivity contribution in [1.82, 2.24) is 4.90 Å². The van der Waals surface area contributed by atoms with Gasteiger partial charge in [-0.05, 0) is 50.5 Å². The molecule has 0 spiro atoms. The number of carbonyl (C=O) groups excluding carboxylic acids is 3. The number of anilines is 2. The molecule has 180 valence electrons. The minimum Gasteiger partial charge on any atom is -0.478 e. The van der Waals surface area contributed by atoms with Gasteiger partial charge in [0.25, 0.3) is 0 Å². The van der Waals surface area contributed by atoms with Gasteiger partial charge in [0.15, 0.2) is 0 Å². The summed E-state index contributed by atoms with van der Waals surface area (Å²) in [6, 6.07) is 12.5. The van der Waals surface area contributed by atoms with Crippen LogP contribution in [-0.2, 0) is 20.9 Å². The predicted molar refractivity (Wildman–Crippen MR) is 124 cm³/mol. The molecule has 1 heterocycles. The Hall–Kier alpha value is -4.08. The second-order valence-corrected chi connectivity index (χ2v) is 8.03. The molecule has 3 amide bonds. The molecule has 2 aromatic rings. The summed E-state index contributed by atoms with van der Waals surface area (Å²) < 4.78 is 10.4. The third kappa shape index (κ3) is 6.47. The second kappa shape index (κ2) is 11.2. The van der Waals surface area contributed by atoms with Crippen molar-refractivity contribution >= 4 is 35.4 Å². The van der Waals surface area contributed by atoms with Crippen LogP contribution < -0.4 is 10.6 Å². The lowest BCUT2D eigenvalue weighted by molar-refractivity contribution is -0.120. The first kappa shape index (κ1) is 24.6. The summed E-state index contributed by atoms with van der Waals surface area (Å²) in [5.74, 6) is -1.69. The quantitative estimate of drug-likeness (QED) is 0.556. The van der Waals surface area contributed by atoms with Crippen LogP contribution in [0.15, 0.2) is 48.5 Å². The number of likely N-dealkylation sites (tertiary alicyclic amines) is 1. The van der Waals surface area contributed by atoms with E-state index in [-0.39, 0.29) is 23.5 Å². The van der Waals surface area contributed by atoms with E-state index in [1.54, 1.807) is 13.8 Å². The number of carbonyl (C=O) groups is 4. The Morgan fingerprint density at radius 3 is 2.50 bits per heavy atom. The highest BCUT2D eigenvalue weighted by Gasteiger charge is 2.35. The normalized spacial score (nSPS) is 15.0. The lowest BCUT2D eigenvalue weighted by Gasteiger charge is -2.23. The summed E-state index contributed by atoms with van der Waals surface area (Å²) >= 11 is 0. The molecule has 1 saturated heterocycles. The first-order valence-electron chi connectivity index (χ1n) is 10.9. The maximum absolute atomic E-state index is 12.9. The highest BCUT2D eigenvalue weighted by Crippen LogP contribution is 2.24. The van der Waals surface area contributed by atoms with E-state index in [2.05, 4.69) is 10.6 Å². The number of ether oxygens (including phenoxy) is 2. The number of amides is 3. The van der Waals surface area contributed by atoms with Crippen molar-refractivity contribution in [2.45, 2.75) is 45.4 Å². The van der Waals surface area contributed by atoms with Crippen LogP contribution >= 0.6 is 0 Å². The largest absolute Gasteiger partial charge is 0.478 e. The molecule has 1 fully saturated rings. The Morgan fingerprint density at radius 2 is 1.82 bits per heavy atom. The topological polar surface area (TPSA) is 134 Å². The zero-order valence-electron chi connectivity index (χ0n) is 18.9. The Kier molecular flexibility index (Phi) is 8.07. The molecule has 0 unspecified atom stereocenters. The number of hydrogen-bond donors (Lipinski definition) is 3. The molecule has 34 heavy (non-hydrogen) atoms. The van der Waals surface area contributed by atoms with E-state index in [4.69, 9.17) is 9.47 Å². The fourth-order valence-corrected chi connectivity index (χ4v) is 3.55. The molecular formula is C24H27N3O7. The molecule has 1 aliphatic rings. The van der Waals surface area contributed by atoms with Crippen molar-refractivity contribution in [2.75, 3.05) is 17.2 Å². The standard InChI is InChI=1S/C24H27N3O7/c1-15(2)34-23(31)26-19-13-17(10-11-18(19)22(29)30)25-21(28)20-9-6-12-27(20)24(32)33-14-16-7-4-3-5-8-16/h3-5,7-8,10-11,13,15,20H,6,9,12,14H2,1-2H3,(H,25,28)(H,26,31)(H,29,30)/t20-/m0/s1. The van der Waals surface area contributed by atoms with Crippen LogP contribution in [0, 0.1) is 0 Å². The van der Waals surface area contributed by atoms with Crippen LogP contribution in [0.3, 0.4) is 0 Å². The maximum Gasteiger partial charge on any atom is 0.411 e. The van der Waals surface area contributed by atoms with Crippen LogP contribution in [0.4, 0.5) is 21.0 Å². The number of hydrogen-bond acceptors (Lipinski definition) is 6. The van der Waals surface area contributed by atoms with E-state index >= 15 is 0 Å². The number of nitrogens with zero attached hydrogens (tertiary/aromatic N) is 1. The number of nitrogens with one attached hydrogen (secondary N) is 2. The minimum absolute atomic E-state index is 0.0264. The van der Waals surface area contributed by atoms with E-state index in [1.807, 2.05) is 30.3 Å². The third-order valence-electron chi connectivity index (χ3n) is 5.09. The van der Waals surface area contributed by atoms with Crippen molar-refractivity contribution in [2.24, 2.45) is 0 Å². The van der Waals surface area contributed by atoms with Gasteiger partial charge >= 0.3 is 18.2 Å². The van der Waals surface area contributed by atoms with Gasteiger partial charge in [-0.25, -0.2) is 14.4 Å². The summed E-state index contributed by atoms with van der Waals surface area (Å²) in [5.41, 5.74) is 0.914. The Labute approximate surface area is 196 Å². The van der Waals surface area contributed by atoms with Gasteiger partial charge in [-0.1, -0.05) is 30.3 Å². The molecule has 3 rings (SSSR count). The van der Waals surface area contributed by atoms with Crippen molar-refractivity contribution in [3.63, 3.8) is 0 Å². The summed E-state index contributed by atoms with van der Waals surface area (Å²) in [7, 11) is 0. The molecule has 0 radical (unpaired) electrons. The number of carboxylic acid groups (broad SMARTS) is 1.